The lowest BCUT2D eigenvalue weighted by Crippen LogP contribution is -2.02. The van der Waals surface area contributed by atoms with Crippen molar-refractivity contribution in [3.8, 4) is 11.3 Å². The van der Waals surface area contributed by atoms with Crippen molar-refractivity contribution < 1.29 is 0 Å². The van der Waals surface area contributed by atoms with E-state index >= 15 is 0 Å². The molecule has 0 radical (unpaired) electrons. The van der Waals surface area contributed by atoms with E-state index in [2.05, 4.69) is 210 Å². The van der Waals surface area contributed by atoms with E-state index in [1.165, 1.54) is 55.0 Å². The molecule has 0 unspecified atom stereocenters. The molecule has 1 aliphatic carbocycles. The lowest BCUT2D eigenvalue weighted by Gasteiger charge is -2.21. The maximum atomic E-state index is 5.11. The van der Waals surface area contributed by atoms with Gasteiger partial charge in [0.1, 0.15) is 6.33 Å². The molecule has 1 aromatic heterocycles. The van der Waals surface area contributed by atoms with Crippen LogP contribution in [-0.2, 0) is 0 Å². The minimum atomic E-state index is 0.823. The van der Waals surface area contributed by atoms with Gasteiger partial charge in [0.25, 0.3) is 0 Å². The van der Waals surface area contributed by atoms with E-state index in [1.807, 2.05) is 12.4 Å². The number of hydrogen-bond donors (Lipinski definition) is 0. The highest BCUT2D eigenvalue weighted by Gasteiger charge is 2.22. The van der Waals surface area contributed by atoms with Crippen molar-refractivity contribution in [2.45, 2.75) is 53.9 Å². The van der Waals surface area contributed by atoms with Crippen LogP contribution in [0.5, 0.6) is 0 Å². The zero-order valence-corrected chi connectivity index (χ0v) is 34.0. The fraction of sp³-hybridized carbons (Fsp3) is 0.145. The van der Waals surface area contributed by atoms with Gasteiger partial charge in [-0.15, -0.1) is 0 Å². The number of aromatic nitrogens is 2. The summed E-state index contributed by atoms with van der Waals surface area (Å²) in [6, 6.07) is 37.1. The van der Waals surface area contributed by atoms with Crippen molar-refractivity contribution in [2.24, 2.45) is 0 Å². The van der Waals surface area contributed by atoms with Crippen LogP contribution in [0.2, 0.25) is 0 Å². The first-order valence-corrected chi connectivity index (χ1v) is 20.1. The molecular formula is C55H52N2. The van der Waals surface area contributed by atoms with Gasteiger partial charge in [0, 0.05) is 11.1 Å². The van der Waals surface area contributed by atoms with Gasteiger partial charge in [-0.1, -0.05) is 170 Å². The highest BCUT2D eigenvalue weighted by Crippen LogP contribution is 2.43. The second-order valence-corrected chi connectivity index (χ2v) is 14.7. The Labute approximate surface area is 339 Å². The highest BCUT2D eigenvalue weighted by atomic mass is 15.1. The Morgan fingerprint density at radius 2 is 1.44 bits per heavy atom. The lowest BCUT2D eigenvalue weighted by atomic mass is 9.84. The van der Waals surface area contributed by atoms with Crippen LogP contribution in [0.25, 0.3) is 60.8 Å². The first kappa shape index (κ1) is 38.8. The Morgan fingerprint density at radius 3 is 2.05 bits per heavy atom. The fourth-order valence-electron chi connectivity index (χ4n) is 8.03. The van der Waals surface area contributed by atoms with Crippen LogP contribution in [-0.4, -0.2) is 9.55 Å². The van der Waals surface area contributed by atoms with Crippen molar-refractivity contribution in [1.82, 2.24) is 9.55 Å². The van der Waals surface area contributed by atoms with Crippen molar-refractivity contribution in [1.29, 1.82) is 0 Å². The van der Waals surface area contributed by atoms with Crippen LogP contribution in [0.4, 0.5) is 0 Å². The molecule has 57 heavy (non-hydrogen) atoms. The van der Waals surface area contributed by atoms with E-state index in [0.717, 1.165) is 58.6 Å². The Hall–Kier alpha value is -6.51. The molecule has 0 fully saturated rings. The second kappa shape index (κ2) is 18.0. The third-order valence-electron chi connectivity index (χ3n) is 10.9. The Balaban J connectivity index is 1.52. The fourth-order valence-corrected chi connectivity index (χ4v) is 8.03. The van der Waals surface area contributed by atoms with Crippen LogP contribution < -0.4 is 0 Å². The summed E-state index contributed by atoms with van der Waals surface area (Å²) in [6.45, 7) is 15.2. The van der Waals surface area contributed by atoms with E-state index in [9.17, 15) is 0 Å². The van der Waals surface area contributed by atoms with Gasteiger partial charge in [0.2, 0.25) is 0 Å². The summed E-state index contributed by atoms with van der Waals surface area (Å²) in [6.07, 6.45) is 29.2. The van der Waals surface area contributed by atoms with Gasteiger partial charge < -0.3 is 0 Å². The standard InChI is InChI=1S/C55H52N2/c1-7-10-26-42(31-23-24-39(4)8-2)53-48-35-21-19-33-46(48)52(47-34-20-22-36-49(47)53)41(6)37-50(45-32-18-17-25-40(45)5)51(9-3)57-38-56-54(43-27-13-11-14-28-43)55(57)44-29-15-12-16-30-44/h7-10,12-13,15-30,32-38H,3,11,14,31H2,1-2,4-6H3/b10-7+,24-23-,39-8+,41-37+,42-26+,51-50-. The molecule has 6 aromatic rings. The predicted molar refractivity (Wildman–Crippen MR) is 250 cm³/mol. The zero-order chi connectivity index (χ0) is 39.7. The normalized spacial score (nSPS) is 14.5. The van der Waals surface area contributed by atoms with Crippen molar-refractivity contribution in [3.05, 3.63) is 216 Å². The van der Waals surface area contributed by atoms with Crippen LogP contribution in [0.15, 0.2) is 188 Å². The molecule has 7 rings (SSSR count). The summed E-state index contributed by atoms with van der Waals surface area (Å²) in [5.74, 6) is 0. The van der Waals surface area contributed by atoms with Gasteiger partial charge in [-0.05, 0) is 127 Å². The molecule has 0 aliphatic heterocycles. The number of nitrogens with zero attached hydrogens (tertiary/aromatic N) is 2. The number of aryl methyl sites for hydroxylation is 1. The summed E-state index contributed by atoms with van der Waals surface area (Å²) in [4.78, 5) is 5.11. The molecule has 0 spiro atoms. The van der Waals surface area contributed by atoms with Gasteiger partial charge in [-0.2, -0.15) is 0 Å². The molecule has 0 bridgehead atoms. The molecule has 2 nitrogen and oxygen atoms in total. The SMILES string of the molecule is C=C/C(=C(\C=C(/C)c1c2ccccc2c(/C(=C/C=C/C)C/C=C\C(C)=C\C)c2ccccc12)c1ccccc1C)n1cnc(C2=CCCC=C2)c1-c1ccccc1. The Bertz CT molecular complexity index is 2640. The van der Waals surface area contributed by atoms with Gasteiger partial charge in [0.05, 0.1) is 17.1 Å². The van der Waals surface area contributed by atoms with Crippen LogP contribution in [0.3, 0.4) is 0 Å². The average Bonchev–Trinajstić information content (AvgIpc) is 3.69. The molecule has 0 amide bonds. The van der Waals surface area contributed by atoms with Gasteiger partial charge in [-0.25, -0.2) is 4.98 Å². The average molecular weight is 741 g/mol. The maximum Gasteiger partial charge on any atom is 0.100 e. The molecule has 0 atom stereocenters. The van der Waals surface area contributed by atoms with Crippen molar-refractivity contribution in [3.63, 3.8) is 0 Å². The van der Waals surface area contributed by atoms with Gasteiger partial charge >= 0.3 is 0 Å². The Morgan fingerprint density at radius 1 is 0.789 bits per heavy atom. The molecule has 0 N–H and O–H groups in total. The minimum absolute atomic E-state index is 0.823. The van der Waals surface area contributed by atoms with E-state index in [4.69, 9.17) is 4.98 Å². The predicted octanol–water partition coefficient (Wildman–Crippen LogP) is 15.4. The van der Waals surface area contributed by atoms with Crippen molar-refractivity contribution in [2.75, 3.05) is 0 Å². The summed E-state index contributed by atoms with van der Waals surface area (Å²) in [7, 11) is 0. The quantitative estimate of drug-likeness (QED) is 0.0902. The van der Waals surface area contributed by atoms with Gasteiger partial charge in [-0.3, -0.25) is 4.57 Å². The smallest absolute Gasteiger partial charge is 0.100 e. The molecule has 282 valence electrons. The van der Waals surface area contributed by atoms with E-state index in [-0.39, 0.29) is 0 Å². The summed E-state index contributed by atoms with van der Waals surface area (Å²) in [5.41, 5.74) is 14.9. The number of rotatable bonds is 12. The van der Waals surface area contributed by atoms with E-state index < -0.39 is 0 Å². The topological polar surface area (TPSA) is 17.8 Å². The molecular weight excluding hydrogens is 689 g/mol. The molecule has 1 aliphatic rings. The van der Waals surface area contributed by atoms with Crippen molar-refractivity contribution >= 4 is 49.5 Å². The first-order chi connectivity index (χ1) is 27.9. The van der Waals surface area contributed by atoms with E-state index in [0.29, 0.717) is 0 Å². The Kier molecular flexibility index (Phi) is 12.2. The van der Waals surface area contributed by atoms with Crippen LogP contribution >= 0.6 is 0 Å². The lowest BCUT2D eigenvalue weighted by molar-refractivity contribution is 1.04. The summed E-state index contributed by atoms with van der Waals surface area (Å²) in [5, 5.41) is 4.96. The first-order valence-electron chi connectivity index (χ1n) is 20.1. The number of hydrogen-bond acceptors (Lipinski definition) is 1. The van der Waals surface area contributed by atoms with E-state index in [1.54, 1.807) is 0 Å². The highest BCUT2D eigenvalue weighted by molar-refractivity contribution is 6.17. The monoisotopic (exact) mass is 740 g/mol. The number of benzene rings is 5. The molecule has 2 heteroatoms. The molecule has 0 saturated carbocycles. The molecule has 0 saturated heterocycles. The summed E-state index contributed by atoms with van der Waals surface area (Å²) < 4.78 is 2.24. The zero-order valence-electron chi connectivity index (χ0n) is 34.0. The molecule has 1 heterocycles. The number of allylic oxidation sites excluding steroid dienone is 17. The number of fused-ring (bicyclic) bond motifs is 2. The largest absolute Gasteiger partial charge is 0.298 e. The summed E-state index contributed by atoms with van der Waals surface area (Å²) >= 11 is 0. The van der Waals surface area contributed by atoms with Crippen LogP contribution in [0.1, 0.15) is 74.9 Å². The maximum absolute atomic E-state index is 5.11. The van der Waals surface area contributed by atoms with Gasteiger partial charge in [0.15, 0.2) is 0 Å². The number of imidazole rings is 1. The third-order valence-corrected chi connectivity index (χ3v) is 10.9. The third kappa shape index (κ3) is 8.09. The minimum Gasteiger partial charge on any atom is -0.298 e. The molecule has 5 aromatic carbocycles. The second-order valence-electron chi connectivity index (χ2n) is 14.7. The van der Waals surface area contributed by atoms with Crippen LogP contribution in [0, 0.1) is 6.92 Å².